The summed E-state index contributed by atoms with van der Waals surface area (Å²) in [6, 6.07) is 94.6. The van der Waals surface area contributed by atoms with Crippen LogP contribution in [0.4, 0.5) is 0 Å². The van der Waals surface area contributed by atoms with Crippen LogP contribution >= 0.6 is 22.7 Å². The van der Waals surface area contributed by atoms with Crippen LogP contribution in [0.5, 0.6) is 0 Å². The molecular weight excluding hydrogens is 1150 g/mol. The lowest BCUT2D eigenvalue weighted by molar-refractivity contribution is 1.07. The minimum Gasteiger partial charge on any atom is -0.321 e. The van der Waals surface area contributed by atoms with Gasteiger partial charge in [-0.3, -0.25) is 18.4 Å². The van der Waals surface area contributed by atoms with Crippen molar-refractivity contribution in [3.8, 4) is 72.7 Å². The van der Waals surface area contributed by atoms with E-state index in [0.717, 1.165) is 148 Å². The third kappa shape index (κ3) is 7.43. The largest absolute Gasteiger partial charge is 0.321 e. The summed E-state index contributed by atoms with van der Waals surface area (Å²) in [6.07, 6.45) is 4.31. The molecule has 0 unspecified atom stereocenters. The average Bonchev–Trinajstić information content (AvgIpc) is 1.59. The first-order chi connectivity index (χ1) is 44.9. The lowest BCUT2D eigenvalue weighted by Gasteiger charge is -2.12. The Labute approximate surface area is 526 Å². The quantitative estimate of drug-likeness (QED) is 0.149. The number of hydrogen-bond acceptors (Lipinski definition) is 5. The molecule has 0 amide bonds. The molecule has 20 aromatic rings. The van der Waals surface area contributed by atoms with E-state index in [1.54, 1.807) is 11.3 Å². The molecule has 12 aromatic carbocycles. The number of pyridine rings is 3. The zero-order valence-electron chi connectivity index (χ0n) is 48.5. The van der Waals surface area contributed by atoms with Crippen molar-refractivity contribution in [1.82, 2.24) is 18.4 Å². The highest BCUT2D eigenvalue weighted by molar-refractivity contribution is 7.26. The number of rotatable bonds is 7. The van der Waals surface area contributed by atoms with Gasteiger partial charge >= 0.3 is 0 Å². The molecule has 6 nitrogen and oxygen atoms in total. The number of hydrogen-bond donors (Lipinski definition) is 0. The molecule has 20 rings (SSSR count). The highest BCUT2D eigenvalue weighted by atomic mass is 32.1. The van der Waals surface area contributed by atoms with Crippen molar-refractivity contribution >= 4 is 139 Å². The maximum absolute atomic E-state index is 15.7. The molecule has 0 aliphatic carbocycles. The summed E-state index contributed by atoms with van der Waals surface area (Å²) >= 11 is 3.62. The van der Waals surface area contributed by atoms with Gasteiger partial charge in [-0.15, -0.1) is 22.7 Å². The van der Waals surface area contributed by atoms with E-state index in [-0.39, 0.29) is 11.1 Å². The second-order valence-electron chi connectivity index (χ2n) is 24.1. The molecule has 8 aromatic heterocycles. The molecule has 0 bridgehead atoms. The fourth-order valence-corrected chi connectivity index (χ4v) is 17.2. The first kappa shape index (κ1) is 50.4. The Balaban J connectivity index is 0.746. The summed E-state index contributed by atoms with van der Waals surface area (Å²) in [5.41, 5.74) is 17.0. The molecule has 0 spiro atoms. The smallest absolute Gasteiger partial charge is 0.263 e. The molecule has 91 heavy (non-hydrogen) atoms. The van der Waals surface area contributed by atoms with E-state index in [1.807, 2.05) is 74.7 Å². The number of thiophene rings is 2. The van der Waals surface area contributed by atoms with Gasteiger partial charge in [0.25, 0.3) is 11.1 Å². The highest BCUT2D eigenvalue weighted by Crippen LogP contribution is 2.46. The summed E-state index contributed by atoms with van der Waals surface area (Å²) in [7, 11) is 0. The zero-order chi connectivity index (χ0) is 59.7. The van der Waals surface area contributed by atoms with Gasteiger partial charge in [-0.05, 0) is 146 Å². The van der Waals surface area contributed by atoms with Crippen LogP contribution in [0.2, 0.25) is 0 Å². The normalized spacial score (nSPS) is 12.3. The predicted molar refractivity (Wildman–Crippen MR) is 384 cm³/mol. The zero-order valence-corrected chi connectivity index (χ0v) is 50.1. The third-order valence-electron chi connectivity index (χ3n) is 19.1. The van der Waals surface area contributed by atoms with Crippen molar-refractivity contribution in [2.75, 3.05) is 0 Å². The topological polar surface area (TPSA) is 60.8 Å². The lowest BCUT2D eigenvalue weighted by Crippen LogP contribution is -2.13. The van der Waals surface area contributed by atoms with Gasteiger partial charge < -0.3 is 4.57 Å². The molecule has 0 N–H and O–H groups in total. The summed E-state index contributed by atoms with van der Waals surface area (Å²) < 4.78 is 11.0. The molecule has 0 fully saturated rings. The van der Waals surface area contributed by atoms with E-state index < -0.39 is 0 Å². The average molecular weight is 1200 g/mol. The van der Waals surface area contributed by atoms with E-state index in [2.05, 4.69) is 229 Å². The van der Waals surface area contributed by atoms with Crippen molar-refractivity contribution in [2.45, 2.75) is 0 Å². The maximum Gasteiger partial charge on any atom is 0.263 e. The number of aromatic nitrogens is 4. The summed E-state index contributed by atoms with van der Waals surface area (Å²) in [4.78, 5) is 35.5. The van der Waals surface area contributed by atoms with Crippen LogP contribution < -0.4 is 11.1 Å². The van der Waals surface area contributed by atoms with E-state index >= 15 is 4.79 Å². The van der Waals surface area contributed by atoms with Gasteiger partial charge in [0.1, 0.15) is 0 Å². The first-order valence-electron chi connectivity index (χ1n) is 30.6. The molecule has 0 saturated carbocycles. The Morgan fingerprint density at radius 2 is 0.747 bits per heavy atom. The van der Waals surface area contributed by atoms with Gasteiger partial charge in [-0.25, -0.2) is 4.98 Å². The van der Waals surface area contributed by atoms with Crippen LogP contribution in [0.1, 0.15) is 0 Å². The van der Waals surface area contributed by atoms with Gasteiger partial charge in [0.05, 0.1) is 33.5 Å². The van der Waals surface area contributed by atoms with E-state index in [4.69, 9.17) is 4.98 Å². The van der Waals surface area contributed by atoms with Crippen molar-refractivity contribution < 1.29 is 0 Å². The van der Waals surface area contributed by atoms with E-state index in [1.165, 1.54) is 30.3 Å². The van der Waals surface area contributed by atoms with Gasteiger partial charge in [-0.1, -0.05) is 176 Å². The standard InChI is InChI=1S/C83H46N4O2S2/c88-82-62-23-11-10-21-58(62)66-41-55(42-68-63-35-50(28-32-74(63)86(82)79(66)68)51-29-33-77-64(36-51)60-22-12-13-26-76(60)90-77)52-30-34-78-65(37-52)61-25-14-24-57(81(61)91-78)53-27-31-59-67-39-54(47-15-4-1-5-16-47)40-69-71-45-85(46-75(71)87(80(67)69)83(89)70(59)38-53)56-43-72(48-17-6-2-7-18-48)84-73(44-56)49-19-8-3-9-20-49/h1-46H. The van der Waals surface area contributed by atoms with Crippen LogP contribution in [0.25, 0.3) is 189 Å². The van der Waals surface area contributed by atoms with Crippen LogP contribution in [-0.4, -0.2) is 18.4 Å². The molecule has 8 heterocycles. The fourth-order valence-electron chi connectivity index (χ4n) is 14.9. The second-order valence-corrected chi connectivity index (χ2v) is 26.3. The van der Waals surface area contributed by atoms with Crippen LogP contribution in [0.15, 0.2) is 289 Å². The van der Waals surface area contributed by atoms with Crippen molar-refractivity contribution in [1.29, 1.82) is 0 Å². The van der Waals surface area contributed by atoms with Crippen molar-refractivity contribution in [3.63, 3.8) is 0 Å². The second kappa shape index (κ2) is 19.0. The third-order valence-corrected chi connectivity index (χ3v) is 21.5. The Morgan fingerprint density at radius 3 is 1.45 bits per heavy atom. The minimum absolute atomic E-state index is 0.00560. The molecule has 0 aliphatic rings. The van der Waals surface area contributed by atoms with E-state index in [9.17, 15) is 4.79 Å². The Morgan fingerprint density at radius 1 is 0.275 bits per heavy atom. The molecule has 0 saturated heterocycles. The van der Waals surface area contributed by atoms with Crippen LogP contribution in [0.3, 0.4) is 0 Å². The SMILES string of the molecule is O=c1c2ccccc2c2cc(-c3ccc4sc5c(-c6ccc7c(c6)c(=O)n6c8cn(-c9cc(-c%10ccccc%10)nc(-c%10ccccc%10)c9)cc8c8cc(-c9ccccc9)cc7c86)cccc5c4c3)cc3c4cc(-c5ccc6sc7ccccc7c6c5)ccc4n1c23. The van der Waals surface area contributed by atoms with Gasteiger partial charge in [0.15, 0.2) is 0 Å². The molecule has 0 aliphatic heterocycles. The Hall–Kier alpha value is -11.6. The number of nitrogens with zero attached hydrogens (tertiary/aromatic N) is 4. The predicted octanol–water partition coefficient (Wildman–Crippen LogP) is 21.6. The van der Waals surface area contributed by atoms with Crippen LogP contribution in [-0.2, 0) is 0 Å². The minimum atomic E-state index is -0.0525. The van der Waals surface area contributed by atoms with Crippen LogP contribution in [0, 0.1) is 0 Å². The van der Waals surface area contributed by atoms with Gasteiger partial charge in [-0.2, -0.15) is 0 Å². The maximum atomic E-state index is 15.7. The summed E-state index contributed by atoms with van der Waals surface area (Å²) in [5.74, 6) is 0. The van der Waals surface area contributed by atoms with E-state index in [0.29, 0.717) is 10.8 Å². The number of fused-ring (bicyclic) bond motifs is 16. The molecule has 8 heteroatoms. The fraction of sp³-hybridized carbons (Fsp3) is 0. The Kier molecular flexibility index (Phi) is 10.5. The molecule has 422 valence electrons. The lowest BCUT2D eigenvalue weighted by atomic mass is 9.95. The molecule has 0 atom stereocenters. The summed E-state index contributed by atoms with van der Waals surface area (Å²) in [5, 5.41) is 14.3. The van der Waals surface area contributed by atoms with Crippen molar-refractivity contribution in [3.05, 3.63) is 300 Å². The highest BCUT2D eigenvalue weighted by Gasteiger charge is 2.24. The van der Waals surface area contributed by atoms with Crippen molar-refractivity contribution in [2.24, 2.45) is 0 Å². The molecular formula is C83H46N4O2S2. The molecule has 0 radical (unpaired) electrons. The number of benzene rings is 12. The first-order valence-corrected chi connectivity index (χ1v) is 32.3. The summed E-state index contributed by atoms with van der Waals surface area (Å²) in [6.45, 7) is 0. The van der Waals surface area contributed by atoms with Gasteiger partial charge in [0, 0.05) is 113 Å². The Bertz CT molecular complexity index is 6560. The van der Waals surface area contributed by atoms with Gasteiger partial charge in [0.2, 0.25) is 0 Å². The monoisotopic (exact) mass is 1190 g/mol.